The van der Waals surface area contributed by atoms with Crippen LogP contribution < -0.4 is 10.5 Å². The van der Waals surface area contributed by atoms with Gasteiger partial charge in [0.25, 0.3) is 0 Å². The number of hydrogen-bond acceptors (Lipinski definition) is 4. The number of nitrogens with zero attached hydrogens (tertiary/aromatic N) is 4. The molecule has 29 heavy (non-hydrogen) atoms. The summed E-state index contributed by atoms with van der Waals surface area (Å²) in [5.74, 6) is 0.975. The van der Waals surface area contributed by atoms with Crippen LogP contribution in [0.15, 0.2) is 21.7 Å². The fraction of sp³-hybridized carbons (Fsp3) is 0.550. The minimum absolute atomic E-state index is 0.121. The average molecular weight is 415 g/mol. The number of urea groups is 1. The van der Waals surface area contributed by atoms with Gasteiger partial charge in [0.05, 0.1) is 5.69 Å². The lowest BCUT2D eigenvalue weighted by atomic mass is 9.98. The van der Waals surface area contributed by atoms with Gasteiger partial charge in [-0.3, -0.25) is 9.67 Å². The van der Waals surface area contributed by atoms with Crippen molar-refractivity contribution in [3.05, 3.63) is 34.8 Å². The minimum Gasteiger partial charge on any atom is -0.305 e. The summed E-state index contributed by atoms with van der Waals surface area (Å²) in [6.07, 6.45) is 9.16. The first-order valence-corrected chi connectivity index (χ1v) is 12.0. The maximum absolute atomic E-state index is 12.8. The first kappa shape index (κ1) is 18.7. The summed E-state index contributed by atoms with van der Waals surface area (Å²) in [5.41, 5.74) is 5.44. The lowest BCUT2D eigenvalue weighted by molar-refractivity contribution is 0.260. The maximum atomic E-state index is 12.8. The number of aryl methyl sites for hydroxylation is 2. The molecule has 3 aliphatic carbocycles. The molecule has 5 rings (SSSR count). The summed E-state index contributed by atoms with van der Waals surface area (Å²) in [5, 5.41) is 13.1. The van der Waals surface area contributed by atoms with Gasteiger partial charge in [0, 0.05) is 35.6 Å². The van der Waals surface area contributed by atoms with Crippen LogP contribution >= 0.6 is 0 Å². The second kappa shape index (κ2) is 6.91. The summed E-state index contributed by atoms with van der Waals surface area (Å²) < 4.78 is 18.3. The van der Waals surface area contributed by atoms with E-state index in [1.165, 1.54) is 24.1 Å². The molecule has 2 aromatic heterocycles. The summed E-state index contributed by atoms with van der Waals surface area (Å²) in [6.45, 7) is 2.54. The quantitative estimate of drug-likeness (QED) is 0.779. The van der Waals surface area contributed by atoms with E-state index < -0.39 is 15.9 Å². The van der Waals surface area contributed by atoms with Gasteiger partial charge in [-0.05, 0) is 69.4 Å². The molecule has 2 aromatic rings. The molecular weight excluding hydrogens is 388 g/mol. The highest BCUT2D eigenvalue weighted by Crippen LogP contribution is 2.52. The Kier molecular flexibility index (Phi) is 4.47. The van der Waals surface area contributed by atoms with E-state index in [1.54, 1.807) is 16.9 Å². The SMILES string of the molecule is CCn1ccc([S@@](N)(=O)=NC(=O)Nc2c3c(nc(C4CC4)c2C2CC2)CCC3)n1. The first-order valence-electron chi connectivity index (χ1n) is 10.4. The smallest absolute Gasteiger partial charge is 0.305 e. The zero-order valence-electron chi connectivity index (χ0n) is 16.6. The Hall–Kier alpha value is -2.26. The van der Waals surface area contributed by atoms with E-state index in [2.05, 4.69) is 14.8 Å². The first-order chi connectivity index (χ1) is 14.0. The third-order valence-electron chi connectivity index (χ3n) is 5.93. The van der Waals surface area contributed by atoms with Crippen molar-refractivity contribution < 1.29 is 9.00 Å². The van der Waals surface area contributed by atoms with Crippen LogP contribution in [0.25, 0.3) is 0 Å². The topological polar surface area (TPSA) is 115 Å². The molecule has 8 nitrogen and oxygen atoms in total. The van der Waals surface area contributed by atoms with Crippen molar-refractivity contribution in [1.82, 2.24) is 14.8 Å². The molecule has 2 saturated carbocycles. The minimum atomic E-state index is -3.40. The molecule has 154 valence electrons. The van der Waals surface area contributed by atoms with Gasteiger partial charge in [-0.1, -0.05) is 0 Å². The van der Waals surface area contributed by atoms with Crippen molar-refractivity contribution in [2.45, 2.75) is 75.3 Å². The zero-order valence-corrected chi connectivity index (χ0v) is 17.4. The number of nitrogens with two attached hydrogens (primary N) is 1. The molecular formula is C20H26N6O2S. The number of carbonyl (C=O) groups excluding carboxylic acids is 1. The van der Waals surface area contributed by atoms with Crippen LogP contribution in [0.2, 0.25) is 0 Å². The Balaban J connectivity index is 1.51. The number of amides is 2. The molecule has 2 heterocycles. The van der Waals surface area contributed by atoms with Crippen LogP contribution in [0, 0.1) is 0 Å². The lowest BCUT2D eigenvalue weighted by Gasteiger charge is -2.18. The lowest BCUT2D eigenvalue weighted by Crippen LogP contribution is -2.20. The van der Waals surface area contributed by atoms with Gasteiger partial charge in [-0.15, -0.1) is 4.36 Å². The third kappa shape index (κ3) is 3.57. The van der Waals surface area contributed by atoms with Crippen molar-refractivity contribution in [1.29, 1.82) is 0 Å². The molecule has 0 saturated heterocycles. The number of anilines is 1. The van der Waals surface area contributed by atoms with Crippen LogP contribution in [-0.2, 0) is 29.3 Å². The number of rotatable bonds is 5. The van der Waals surface area contributed by atoms with E-state index in [0.29, 0.717) is 18.4 Å². The van der Waals surface area contributed by atoms with Crippen LogP contribution in [0.4, 0.5) is 10.5 Å². The second-order valence-electron chi connectivity index (χ2n) is 8.21. The number of nitrogens with one attached hydrogen (secondary N) is 1. The number of pyridine rings is 1. The highest BCUT2D eigenvalue weighted by molar-refractivity contribution is 7.91. The standard InChI is InChI=1S/C20H26N6O2S/c1-2-26-11-10-16(24-26)29(21,28)25-20(27)23-19-14-4-3-5-15(14)22-18(13-8-9-13)17(19)12-6-7-12/h10-13H,2-9H2,1H3,(H3,21,22,23,25,27,28)/t29-/m0/s1. The molecule has 0 radical (unpaired) electrons. The van der Waals surface area contributed by atoms with E-state index in [1.807, 2.05) is 6.92 Å². The van der Waals surface area contributed by atoms with Crippen molar-refractivity contribution in [2.75, 3.05) is 5.32 Å². The third-order valence-corrected chi connectivity index (χ3v) is 7.19. The molecule has 0 aromatic carbocycles. The summed E-state index contributed by atoms with van der Waals surface area (Å²) in [4.78, 5) is 17.8. The monoisotopic (exact) mass is 414 g/mol. The number of hydrogen-bond donors (Lipinski definition) is 2. The van der Waals surface area contributed by atoms with E-state index >= 15 is 0 Å². The molecule has 9 heteroatoms. The Morgan fingerprint density at radius 3 is 2.72 bits per heavy atom. The Bertz CT molecular complexity index is 1110. The summed E-state index contributed by atoms with van der Waals surface area (Å²) >= 11 is 0. The maximum Gasteiger partial charge on any atom is 0.354 e. The molecule has 2 amide bonds. The molecule has 0 unspecified atom stereocenters. The molecule has 3 aliphatic rings. The summed E-state index contributed by atoms with van der Waals surface area (Å²) in [6, 6.07) is 0.876. The van der Waals surface area contributed by atoms with Gasteiger partial charge >= 0.3 is 6.03 Å². The van der Waals surface area contributed by atoms with E-state index in [0.717, 1.165) is 49.0 Å². The van der Waals surface area contributed by atoms with Crippen molar-refractivity contribution in [3.63, 3.8) is 0 Å². The number of aromatic nitrogens is 3. The van der Waals surface area contributed by atoms with E-state index in [4.69, 9.17) is 10.1 Å². The normalized spacial score (nSPS) is 20.2. The van der Waals surface area contributed by atoms with Crippen LogP contribution in [0.3, 0.4) is 0 Å². The molecule has 3 N–H and O–H groups in total. The fourth-order valence-electron chi connectivity index (χ4n) is 4.19. The Morgan fingerprint density at radius 2 is 2.07 bits per heavy atom. The van der Waals surface area contributed by atoms with E-state index in [9.17, 15) is 9.00 Å². The highest BCUT2D eigenvalue weighted by Gasteiger charge is 2.38. The second-order valence-corrected chi connectivity index (χ2v) is 9.95. The summed E-state index contributed by atoms with van der Waals surface area (Å²) in [7, 11) is -3.40. The largest absolute Gasteiger partial charge is 0.354 e. The highest BCUT2D eigenvalue weighted by atomic mass is 32.2. The fourth-order valence-corrected chi connectivity index (χ4v) is 5.05. The average Bonchev–Trinajstić information content (AvgIpc) is 3.60. The van der Waals surface area contributed by atoms with Gasteiger partial charge in [0.15, 0.2) is 14.9 Å². The zero-order chi connectivity index (χ0) is 20.2. The van der Waals surface area contributed by atoms with Crippen molar-refractivity contribution >= 4 is 21.6 Å². The molecule has 0 aliphatic heterocycles. The molecule has 0 bridgehead atoms. The molecule has 1 atom stereocenters. The predicted octanol–water partition coefficient (Wildman–Crippen LogP) is 3.47. The van der Waals surface area contributed by atoms with E-state index in [-0.39, 0.29) is 5.03 Å². The van der Waals surface area contributed by atoms with Gasteiger partial charge < -0.3 is 5.32 Å². The van der Waals surface area contributed by atoms with Gasteiger partial charge in [-0.25, -0.2) is 14.1 Å². The number of fused-ring (bicyclic) bond motifs is 1. The Morgan fingerprint density at radius 1 is 1.31 bits per heavy atom. The van der Waals surface area contributed by atoms with Crippen LogP contribution in [-0.4, -0.2) is 25.0 Å². The van der Waals surface area contributed by atoms with Crippen LogP contribution in [0.5, 0.6) is 0 Å². The van der Waals surface area contributed by atoms with Gasteiger partial charge in [0.2, 0.25) is 0 Å². The van der Waals surface area contributed by atoms with Crippen LogP contribution in [0.1, 0.15) is 73.4 Å². The predicted molar refractivity (Wildman–Crippen MR) is 110 cm³/mol. The van der Waals surface area contributed by atoms with Crippen molar-refractivity contribution in [2.24, 2.45) is 9.50 Å². The van der Waals surface area contributed by atoms with Crippen molar-refractivity contribution in [3.8, 4) is 0 Å². The molecule has 0 spiro atoms. The van der Waals surface area contributed by atoms with Gasteiger partial charge in [-0.2, -0.15) is 5.10 Å². The van der Waals surface area contributed by atoms with Gasteiger partial charge in [0.1, 0.15) is 0 Å². The molecule has 2 fully saturated rings. The number of carbonyl (C=O) groups is 1. The Labute approximate surface area is 170 Å².